The molecule has 0 fully saturated rings. The van der Waals surface area contributed by atoms with Gasteiger partial charge in [0.25, 0.3) is 11.6 Å². The first-order valence-corrected chi connectivity index (χ1v) is 11.9. The molecule has 0 saturated heterocycles. The van der Waals surface area contributed by atoms with E-state index in [1.54, 1.807) is 39.0 Å². The van der Waals surface area contributed by atoms with Gasteiger partial charge in [0.1, 0.15) is 5.82 Å². The molecular weight excluding hydrogens is 459 g/mol. The fraction of sp³-hybridized carbons (Fsp3) is 0.208. The Balaban J connectivity index is 1.67. The van der Waals surface area contributed by atoms with Crippen molar-refractivity contribution in [2.75, 3.05) is 12.4 Å². The number of hydrogen-bond acceptors (Lipinski definition) is 6. The van der Waals surface area contributed by atoms with Crippen LogP contribution in [0.4, 0.5) is 10.1 Å². The summed E-state index contributed by atoms with van der Waals surface area (Å²) >= 11 is 0. The average molecular weight is 483 g/mol. The highest BCUT2D eigenvalue weighted by Crippen LogP contribution is 2.28. The number of nitrogens with one attached hydrogen (secondary N) is 1. The maximum Gasteiger partial charge on any atom is 0.259 e. The van der Waals surface area contributed by atoms with E-state index in [1.807, 2.05) is 0 Å². The number of amides is 1. The summed E-state index contributed by atoms with van der Waals surface area (Å²) in [5, 5.41) is 7.16. The molecule has 0 aliphatic heterocycles. The highest BCUT2D eigenvalue weighted by molar-refractivity contribution is 7.89. The van der Waals surface area contributed by atoms with Crippen LogP contribution in [0.3, 0.4) is 0 Å². The zero-order valence-electron chi connectivity index (χ0n) is 19.0. The lowest BCUT2D eigenvalue weighted by Crippen LogP contribution is -2.33. The lowest BCUT2D eigenvalue weighted by Gasteiger charge is -2.21. The van der Waals surface area contributed by atoms with Gasteiger partial charge in [-0.05, 0) is 75.4 Å². The van der Waals surface area contributed by atoms with Gasteiger partial charge in [0.15, 0.2) is 0 Å². The topological polar surface area (TPSA) is 105 Å². The van der Waals surface area contributed by atoms with Crippen molar-refractivity contribution in [3.8, 4) is 11.3 Å². The molecule has 8 nitrogen and oxygen atoms in total. The molecule has 1 amide bonds. The number of carbonyl (C=O) groups excluding carboxylic acids is 1. The van der Waals surface area contributed by atoms with Crippen molar-refractivity contribution < 1.29 is 22.1 Å². The predicted molar refractivity (Wildman–Crippen MR) is 126 cm³/mol. The molecule has 0 radical (unpaired) electrons. The van der Waals surface area contributed by atoms with E-state index in [1.165, 1.54) is 47.8 Å². The van der Waals surface area contributed by atoms with Gasteiger partial charge < -0.3 is 9.84 Å². The fourth-order valence-electron chi connectivity index (χ4n) is 3.39. The molecule has 0 atom stereocenters. The molecule has 0 aliphatic rings. The zero-order valence-corrected chi connectivity index (χ0v) is 19.9. The lowest BCUT2D eigenvalue weighted by atomic mass is 10.0. The number of benzene rings is 2. The number of aryl methyl sites for hydroxylation is 1. The summed E-state index contributed by atoms with van der Waals surface area (Å²) in [6.45, 7) is 5.27. The molecule has 0 bridgehead atoms. The Morgan fingerprint density at radius 1 is 1.09 bits per heavy atom. The number of nitrogens with zero attached hydrogens (tertiary/aromatic N) is 3. The van der Waals surface area contributed by atoms with Crippen LogP contribution in [0.5, 0.6) is 0 Å². The highest BCUT2D eigenvalue weighted by atomic mass is 32.2. The van der Waals surface area contributed by atoms with Crippen molar-refractivity contribution in [1.29, 1.82) is 0 Å². The first-order chi connectivity index (χ1) is 16.1. The molecule has 0 aliphatic carbocycles. The quantitative estimate of drug-likeness (QED) is 0.430. The number of carbonyl (C=O) groups is 1. The number of sulfonamides is 1. The Labute approximate surface area is 196 Å². The molecular formula is C24H23FN4O4S. The summed E-state index contributed by atoms with van der Waals surface area (Å²) < 4.78 is 45.2. The molecule has 2 heterocycles. The van der Waals surface area contributed by atoms with Gasteiger partial charge in [-0.1, -0.05) is 5.16 Å². The van der Waals surface area contributed by atoms with Crippen LogP contribution >= 0.6 is 0 Å². The van der Waals surface area contributed by atoms with Crippen LogP contribution < -0.4 is 5.32 Å². The van der Waals surface area contributed by atoms with Crippen molar-refractivity contribution >= 4 is 32.7 Å². The Kier molecular flexibility index (Phi) is 6.20. The second-order valence-electron chi connectivity index (χ2n) is 8.10. The highest BCUT2D eigenvalue weighted by Gasteiger charge is 2.23. The molecule has 2 aromatic carbocycles. The Hall–Kier alpha value is -3.63. The van der Waals surface area contributed by atoms with Gasteiger partial charge in [-0.3, -0.25) is 4.79 Å². The van der Waals surface area contributed by atoms with E-state index in [9.17, 15) is 17.6 Å². The number of rotatable bonds is 6. The van der Waals surface area contributed by atoms with E-state index in [4.69, 9.17) is 4.52 Å². The number of aromatic nitrogens is 2. The van der Waals surface area contributed by atoms with Crippen LogP contribution in [0.1, 0.15) is 29.9 Å². The van der Waals surface area contributed by atoms with Crippen LogP contribution in [0.15, 0.2) is 64.0 Å². The minimum Gasteiger partial charge on any atom is -0.335 e. The summed E-state index contributed by atoms with van der Waals surface area (Å²) in [6, 6.07) is 13.1. The first-order valence-electron chi connectivity index (χ1n) is 10.5. The molecule has 4 aromatic rings. The van der Waals surface area contributed by atoms with Gasteiger partial charge in [0, 0.05) is 24.3 Å². The van der Waals surface area contributed by atoms with Crippen LogP contribution in [-0.2, 0) is 10.0 Å². The van der Waals surface area contributed by atoms with E-state index in [0.29, 0.717) is 28.0 Å². The number of fused-ring (bicyclic) bond motifs is 1. The van der Waals surface area contributed by atoms with Gasteiger partial charge in [-0.2, -0.15) is 4.31 Å². The Morgan fingerprint density at radius 2 is 1.74 bits per heavy atom. The standard InChI is InChI=1S/C24H23FN4O4S/c1-14(2)29(4)34(31,32)19-11-9-18(10-12-19)26-23(30)20-13-21(16-5-7-17(25)8-6-16)27-24-22(20)15(3)28-33-24/h5-14H,1-4H3,(H,26,30). The van der Waals surface area contributed by atoms with Crippen molar-refractivity contribution in [3.05, 3.63) is 71.7 Å². The van der Waals surface area contributed by atoms with E-state index in [2.05, 4.69) is 15.5 Å². The second kappa shape index (κ2) is 8.96. The third kappa shape index (κ3) is 4.42. The summed E-state index contributed by atoms with van der Waals surface area (Å²) in [4.78, 5) is 17.7. The molecule has 0 spiro atoms. The Bertz CT molecular complexity index is 1460. The smallest absolute Gasteiger partial charge is 0.259 e. The SMILES string of the molecule is Cc1noc2nc(-c3ccc(F)cc3)cc(C(=O)Nc3ccc(S(=O)(=O)N(C)C(C)C)cc3)c12. The average Bonchev–Trinajstić information content (AvgIpc) is 3.19. The Morgan fingerprint density at radius 3 is 2.35 bits per heavy atom. The van der Waals surface area contributed by atoms with Crippen LogP contribution in [0.25, 0.3) is 22.4 Å². The largest absolute Gasteiger partial charge is 0.335 e. The van der Waals surface area contributed by atoms with Gasteiger partial charge in [0.2, 0.25) is 10.0 Å². The molecule has 10 heteroatoms. The summed E-state index contributed by atoms with van der Waals surface area (Å²) in [7, 11) is -2.12. The molecule has 4 rings (SSSR count). The molecule has 34 heavy (non-hydrogen) atoms. The van der Waals surface area contributed by atoms with E-state index in [-0.39, 0.29) is 28.0 Å². The van der Waals surface area contributed by atoms with E-state index >= 15 is 0 Å². The molecule has 176 valence electrons. The summed E-state index contributed by atoms with van der Waals surface area (Å²) in [6.07, 6.45) is 0. The minimum atomic E-state index is -3.64. The number of halogens is 1. The summed E-state index contributed by atoms with van der Waals surface area (Å²) in [5.74, 6) is -0.833. The molecule has 0 saturated carbocycles. The number of anilines is 1. The third-order valence-corrected chi connectivity index (χ3v) is 7.57. The fourth-order valence-corrected chi connectivity index (χ4v) is 4.76. The van der Waals surface area contributed by atoms with E-state index in [0.717, 1.165) is 0 Å². The van der Waals surface area contributed by atoms with Gasteiger partial charge >= 0.3 is 0 Å². The second-order valence-corrected chi connectivity index (χ2v) is 10.1. The lowest BCUT2D eigenvalue weighted by molar-refractivity contribution is 0.102. The number of hydrogen-bond donors (Lipinski definition) is 1. The molecule has 1 N–H and O–H groups in total. The maximum absolute atomic E-state index is 13.3. The van der Waals surface area contributed by atoms with Crippen LogP contribution in [0, 0.1) is 12.7 Å². The first kappa shape index (κ1) is 23.5. The molecule has 2 aromatic heterocycles. The zero-order chi connectivity index (χ0) is 24.6. The van der Waals surface area contributed by atoms with Crippen LogP contribution in [0.2, 0.25) is 0 Å². The maximum atomic E-state index is 13.3. The van der Waals surface area contributed by atoms with Gasteiger partial charge in [-0.25, -0.2) is 17.8 Å². The predicted octanol–water partition coefficient (Wildman–Crippen LogP) is 4.62. The van der Waals surface area contributed by atoms with Gasteiger partial charge in [0.05, 0.1) is 27.2 Å². The van der Waals surface area contributed by atoms with Gasteiger partial charge in [-0.15, -0.1) is 0 Å². The van der Waals surface area contributed by atoms with Crippen LogP contribution in [-0.4, -0.2) is 41.9 Å². The summed E-state index contributed by atoms with van der Waals surface area (Å²) in [5.41, 5.74) is 2.40. The molecule has 0 unspecified atom stereocenters. The van der Waals surface area contributed by atoms with Crippen molar-refractivity contribution in [2.45, 2.75) is 31.7 Å². The van der Waals surface area contributed by atoms with Crippen molar-refractivity contribution in [3.63, 3.8) is 0 Å². The van der Waals surface area contributed by atoms with Crippen molar-refractivity contribution in [2.24, 2.45) is 0 Å². The number of pyridine rings is 1. The van der Waals surface area contributed by atoms with Crippen molar-refractivity contribution in [1.82, 2.24) is 14.4 Å². The van der Waals surface area contributed by atoms with E-state index < -0.39 is 15.9 Å². The third-order valence-electron chi connectivity index (χ3n) is 5.52. The normalized spacial score (nSPS) is 12.0. The monoisotopic (exact) mass is 482 g/mol. The minimum absolute atomic E-state index is 0.126.